The molecule has 1 aliphatic carbocycles. The molecule has 1 atom stereocenters. The van der Waals surface area contributed by atoms with Crippen molar-refractivity contribution >= 4 is 22.8 Å². The summed E-state index contributed by atoms with van der Waals surface area (Å²) < 4.78 is 15.8. The van der Waals surface area contributed by atoms with Crippen molar-refractivity contribution in [2.45, 2.75) is 51.6 Å². The minimum atomic E-state index is -0.919. The number of carboxylic acid groups (broad SMARTS) is 1. The summed E-state index contributed by atoms with van der Waals surface area (Å²) in [6.07, 6.45) is 3.23. The second-order valence-corrected chi connectivity index (χ2v) is 8.13. The van der Waals surface area contributed by atoms with Gasteiger partial charge in [0.1, 0.15) is 12.4 Å². The Morgan fingerprint density at radius 1 is 1.19 bits per heavy atom. The minimum absolute atomic E-state index is 0.0351. The second-order valence-electron chi connectivity index (χ2n) is 8.13. The number of aryl methyl sites for hydroxylation is 1. The Morgan fingerprint density at radius 2 is 1.97 bits per heavy atom. The van der Waals surface area contributed by atoms with Crippen LogP contribution in [0.25, 0.3) is 10.9 Å². The SMILES string of the molecule is CCN(C(=O)CCc1ccccc1)C1CCc2c(c3cc(F)ccc3n2CC(=O)O)C1. The highest BCUT2D eigenvalue weighted by Crippen LogP contribution is 2.34. The number of hydrogen-bond acceptors (Lipinski definition) is 2. The van der Waals surface area contributed by atoms with Crippen molar-refractivity contribution in [2.24, 2.45) is 0 Å². The lowest BCUT2D eigenvalue weighted by Gasteiger charge is -2.34. The summed E-state index contributed by atoms with van der Waals surface area (Å²) in [6, 6.07) is 14.5. The molecule has 3 aromatic rings. The molecule has 0 bridgehead atoms. The van der Waals surface area contributed by atoms with Crippen LogP contribution in [0, 0.1) is 5.82 Å². The molecule has 1 heterocycles. The Morgan fingerprint density at radius 3 is 2.68 bits per heavy atom. The van der Waals surface area contributed by atoms with Gasteiger partial charge in [-0.3, -0.25) is 9.59 Å². The standard InChI is InChI=1S/C25H27FN2O3/c1-2-27(24(29)13-8-17-6-4-3-5-7-17)19-10-12-23-21(15-19)20-14-18(26)9-11-22(20)28(23)16-25(30)31/h3-7,9,11,14,19H,2,8,10,12-13,15-16H2,1H3,(H,30,31). The van der Waals surface area contributed by atoms with Crippen molar-refractivity contribution in [1.29, 1.82) is 0 Å². The molecule has 162 valence electrons. The first-order valence-corrected chi connectivity index (χ1v) is 10.8. The van der Waals surface area contributed by atoms with E-state index in [1.807, 2.05) is 42.2 Å². The molecular formula is C25H27FN2O3. The van der Waals surface area contributed by atoms with Gasteiger partial charge in [-0.2, -0.15) is 0 Å². The number of amides is 1. The lowest BCUT2D eigenvalue weighted by atomic mass is 9.90. The van der Waals surface area contributed by atoms with E-state index in [4.69, 9.17) is 0 Å². The number of fused-ring (bicyclic) bond motifs is 3. The maximum absolute atomic E-state index is 14.0. The predicted molar refractivity (Wildman–Crippen MR) is 117 cm³/mol. The molecule has 6 heteroatoms. The fourth-order valence-corrected chi connectivity index (χ4v) is 4.86. The van der Waals surface area contributed by atoms with Gasteiger partial charge in [0.2, 0.25) is 5.91 Å². The monoisotopic (exact) mass is 422 g/mol. The van der Waals surface area contributed by atoms with Crippen molar-refractivity contribution in [3.63, 3.8) is 0 Å². The number of carbonyl (C=O) groups excluding carboxylic acids is 1. The minimum Gasteiger partial charge on any atom is -0.480 e. The first-order chi connectivity index (χ1) is 15.0. The number of aromatic nitrogens is 1. The van der Waals surface area contributed by atoms with Crippen LogP contribution in [0.2, 0.25) is 0 Å². The molecule has 0 aliphatic heterocycles. The van der Waals surface area contributed by atoms with E-state index in [0.29, 0.717) is 32.2 Å². The van der Waals surface area contributed by atoms with Crippen molar-refractivity contribution in [2.75, 3.05) is 6.54 Å². The van der Waals surface area contributed by atoms with E-state index in [2.05, 4.69) is 0 Å². The number of hydrogen-bond donors (Lipinski definition) is 1. The van der Waals surface area contributed by atoms with Crippen molar-refractivity contribution in [1.82, 2.24) is 9.47 Å². The number of nitrogens with zero attached hydrogens (tertiary/aromatic N) is 2. The molecule has 1 N–H and O–H groups in total. The molecule has 0 fully saturated rings. The van der Waals surface area contributed by atoms with Crippen LogP contribution in [-0.2, 0) is 35.4 Å². The molecule has 0 spiro atoms. The molecule has 2 aromatic carbocycles. The van der Waals surface area contributed by atoms with Gasteiger partial charge in [0.05, 0.1) is 0 Å². The lowest BCUT2D eigenvalue weighted by Crippen LogP contribution is -2.43. The third-order valence-corrected chi connectivity index (χ3v) is 6.27. The number of likely N-dealkylation sites (N-methyl/N-ethyl adjacent to an activating group) is 1. The summed E-state index contributed by atoms with van der Waals surface area (Å²) in [5.41, 5.74) is 3.81. The molecule has 0 saturated carbocycles. The molecule has 0 radical (unpaired) electrons. The Labute approximate surface area is 181 Å². The molecule has 1 aromatic heterocycles. The molecule has 4 rings (SSSR count). The van der Waals surface area contributed by atoms with Crippen LogP contribution in [0.1, 0.15) is 36.6 Å². The number of rotatable bonds is 7. The van der Waals surface area contributed by atoms with Crippen LogP contribution in [0.15, 0.2) is 48.5 Å². The van der Waals surface area contributed by atoms with E-state index < -0.39 is 5.97 Å². The van der Waals surface area contributed by atoms with E-state index in [9.17, 15) is 19.1 Å². The van der Waals surface area contributed by atoms with Gasteiger partial charge in [-0.1, -0.05) is 30.3 Å². The molecular weight excluding hydrogens is 395 g/mol. The zero-order chi connectivity index (χ0) is 22.0. The average Bonchev–Trinajstić information content (AvgIpc) is 3.05. The highest BCUT2D eigenvalue weighted by molar-refractivity contribution is 5.87. The quantitative estimate of drug-likeness (QED) is 0.621. The van der Waals surface area contributed by atoms with Crippen molar-refractivity contribution in [3.05, 3.63) is 71.2 Å². The summed E-state index contributed by atoms with van der Waals surface area (Å²) in [4.78, 5) is 26.4. The molecule has 31 heavy (non-hydrogen) atoms. The number of benzene rings is 2. The summed E-state index contributed by atoms with van der Waals surface area (Å²) >= 11 is 0. The van der Waals surface area contributed by atoms with Gasteiger partial charge in [0.25, 0.3) is 0 Å². The highest BCUT2D eigenvalue weighted by Gasteiger charge is 2.31. The number of carboxylic acids is 1. The van der Waals surface area contributed by atoms with E-state index in [1.165, 1.54) is 12.1 Å². The van der Waals surface area contributed by atoms with Gasteiger partial charge >= 0.3 is 5.97 Å². The molecule has 5 nitrogen and oxygen atoms in total. The summed E-state index contributed by atoms with van der Waals surface area (Å²) in [5, 5.41) is 10.1. The van der Waals surface area contributed by atoms with Crippen molar-refractivity contribution < 1.29 is 19.1 Å². The topological polar surface area (TPSA) is 62.5 Å². The molecule has 1 unspecified atom stereocenters. The van der Waals surface area contributed by atoms with Crippen molar-refractivity contribution in [3.8, 4) is 0 Å². The van der Waals surface area contributed by atoms with Gasteiger partial charge in [0, 0.05) is 35.6 Å². The highest BCUT2D eigenvalue weighted by atomic mass is 19.1. The van der Waals surface area contributed by atoms with Crippen LogP contribution < -0.4 is 0 Å². The fourth-order valence-electron chi connectivity index (χ4n) is 4.86. The maximum Gasteiger partial charge on any atom is 0.323 e. The number of aliphatic carboxylic acids is 1. The summed E-state index contributed by atoms with van der Waals surface area (Å²) in [5.74, 6) is -1.13. The van der Waals surface area contributed by atoms with Gasteiger partial charge in [-0.25, -0.2) is 4.39 Å². The van der Waals surface area contributed by atoms with Crippen LogP contribution in [-0.4, -0.2) is 39.0 Å². The Hall–Kier alpha value is -3.15. The van der Waals surface area contributed by atoms with E-state index in [0.717, 1.165) is 34.1 Å². The maximum atomic E-state index is 14.0. The zero-order valence-electron chi connectivity index (χ0n) is 17.7. The van der Waals surface area contributed by atoms with Gasteiger partial charge in [-0.05, 0) is 61.9 Å². The summed E-state index contributed by atoms with van der Waals surface area (Å²) in [6.45, 7) is 2.47. The van der Waals surface area contributed by atoms with E-state index >= 15 is 0 Å². The van der Waals surface area contributed by atoms with Crippen LogP contribution in [0.5, 0.6) is 0 Å². The first kappa shape index (κ1) is 21.1. The summed E-state index contributed by atoms with van der Waals surface area (Å²) in [7, 11) is 0. The van der Waals surface area contributed by atoms with E-state index in [-0.39, 0.29) is 24.3 Å². The largest absolute Gasteiger partial charge is 0.480 e. The first-order valence-electron chi connectivity index (χ1n) is 10.8. The predicted octanol–water partition coefficient (Wildman–Crippen LogP) is 4.20. The number of carbonyl (C=O) groups is 2. The average molecular weight is 423 g/mol. The van der Waals surface area contributed by atoms with Gasteiger partial charge in [0.15, 0.2) is 0 Å². The smallest absolute Gasteiger partial charge is 0.323 e. The van der Waals surface area contributed by atoms with Gasteiger partial charge in [-0.15, -0.1) is 0 Å². The normalized spacial score (nSPS) is 15.6. The number of halogens is 1. The molecule has 0 saturated heterocycles. The van der Waals surface area contributed by atoms with E-state index in [1.54, 1.807) is 10.6 Å². The fraction of sp³-hybridized carbons (Fsp3) is 0.360. The Kier molecular flexibility index (Phi) is 6.07. The third kappa shape index (κ3) is 4.33. The van der Waals surface area contributed by atoms with Crippen LogP contribution in [0.3, 0.4) is 0 Å². The molecule has 1 aliphatic rings. The lowest BCUT2D eigenvalue weighted by molar-refractivity contribution is -0.137. The Balaban J connectivity index is 1.58. The molecule has 1 amide bonds. The third-order valence-electron chi connectivity index (χ3n) is 6.27. The Bertz CT molecular complexity index is 1110. The second kappa shape index (κ2) is 8.92. The van der Waals surface area contributed by atoms with Gasteiger partial charge < -0.3 is 14.6 Å². The van der Waals surface area contributed by atoms with Crippen LogP contribution in [0.4, 0.5) is 4.39 Å². The zero-order valence-corrected chi connectivity index (χ0v) is 17.7. The van der Waals surface area contributed by atoms with Crippen LogP contribution >= 0.6 is 0 Å².